The number of fused-ring (bicyclic) bond motifs is 1. The number of hydrogen-bond acceptors (Lipinski definition) is 7. The largest absolute Gasteiger partial charge is 0.483 e. The molecular formula is C23H45N5O4. The third-order valence-electron chi connectivity index (χ3n) is 4.58. The molecule has 9 nitrogen and oxygen atoms in total. The number of nitrogen functional groups attached to an aromatic ring is 1. The standard InChI is InChI=1S/C18H31N5O2.2C2H6.CH2O2/c1-13-15(16-17(20-13)18(19)22-14(2)21-16)7-5-3-4-6-8-23(9-11-24)10-12-25;2*1-2;2-1-3/h20,24-25H,3-12H2,1-2H3,(H2,19,21,22);2*1-2H3;1H,(H,2,3). The molecule has 0 aromatic carbocycles. The van der Waals surface area contributed by atoms with Crippen LogP contribution in [0.1, 0.15) is 70.5 Å². The first-order chi connectivity index (χ1) is 15.5. The van der Waals surface area contributed by atoms with E-state index in [0.717, 1.165) is 55.4 Å². The number of aromatic nitrogens is 3. The molecular weight excluding hydrogens is 410 g/mol. The van der Waals surface area contributed by atoms with Gasteiger partial charge >= 0.3 is 0 Å². The average Bonchev–Trinajstić information content (AvgIpc) is 3.10. The SMILES string of the molecule is CC.CC.Cc1nc(N)c2[nH]c(C)c(CCCCCCN(CCO)CCO)c2n1.O=CO. The molecule has 2 aromatic heterocycles. The Bertz CT molecular complexity index is 716. The minimum absolute atomic E-state index is 0.143. The van der Waals surface area contributed by atoms with E-state index in [1.165, 1.54) is 5.56 Å². The molecule has 0 aliphatic rings. The number of aliphatic hydroxyl groups excluding tert-OH is 2. The zero-order chi connectivity index (χ0) is 24.9. The van der Waals surface area contributed by atoms with Crippen molar-refractivity contribution in [3.8, 4) is 0 Å². The molecule has 0 saturated carbocycles. The van der Waals surface area contributed by atoms with E-state index < -0.39 is 0 Å². The third kappa shape index (κ3) is 12.0. The molecule has 2 heterocycles. The monoisotopic (exact) mass is 455 g/mol. The minimum atomic E-state index is -0.250. The summed E-state index contributed by atoms with van der Waals surface area (Å²) in [5, 5.41) is 24.9. The number of rotatable bonds is 11. The van der Waals surface area contributed by atoms with Crippen molar-refractivity contribution in [3.05, 3.63) is 17.1 Å². The van der Waals surface area contributed by atoms with Crippen LogP contribution in [0.3, 0.4) is 0 Å². The van der Waals surface area contributed by atoms with Crippen LogP contribution in [0.25, 0.3) is 11.0 Å². The van der Waals surface area contributed by atoms with Gasteiger partial charge < -0.3 is 26.0 Å². The van der Waals surface area contributed by atoms with Crippen LogP contribution >= 0.6 is 0 Å². The Balaban J connectivity index is 0. The van der Waals surface area contributed by atoms with Crippen molar-refractivity contribution in [3.63, 3.8) is 0 Å². The number of H-pyrrole nitrogens is 1. The van der Waals surface area contributed by atoms with Gasteiger partial charge in [0, 0.05) is 18.8 Å². The fourth-order valence-electron chi connectivity index (χ4n) is 3.29. The van der Waals surface area contributed by atoms with Crippen LogP contribution in [0.5, 0.6) is 0 Å². The Morgan fingerprint density at radius 3 is 2.00 bits per heavy atom. The molecule has 0 radical (unpaired) electrons. The molecule has 186 valence electrons. The van der Waals surface area contributed by atoms with Crippen LogP contribution < -0.4 is 5.73 Å². The zero-order valence-electron chi connectivity index (χ0n) is 20.8. The molecule has 0 spiro atoms. The first-order valence-electron chi connectivity index (χ1n) is 11.6. The van der Waals surface area contributed by atoms with E-state index in [4.69, 9.17) is 25.8 Å². The predicted molar refractivity (Wildman–Crippen MR) is 132 cm³/mol. The first kappa shape index (κ1) is 32.0. The highest BCUT2D eigenvalue weighted by molar-refractivity contribution is 5.88. The lowest BCUT2D eigenvalue weighted by Crippen LogP contribution is -2.30. The molecule has 0 bridgehead atoms. The summed E-state index contributed by atoms with van der Waals surface area (Å²) in [6.45, 7) is 14.2. The van der Waals surface area contributed by atoms with Crippen molar-refractivity contribution in [2.75, 3.05) is 38.6 Å². The number of aliphatic hydroxyl groups is 2. The molecule has 2 rings (SSSR count). The molecule has 32 heavy (non-hydrogen) atoms. The van der Waals surface area contributed by atoms with E-state index in [9.17, 15) is 0 Å². The van der Waals surface area contributed by atoms with Gasteiger partial charge in [-0.3, -0.25) is 9.69 Å². The number of nitrogens with zero attached hydrogens (tertiary/aromatic N) is 3. The summed E-state index contributed by atoms with van der Waals surface area (Å²) in [6.07, 6.45) is 5.47. The number of carbonyl (C=O) groups is 1. The zero-order valence-corrected chi connectivity index (χ0v) is 20.8. The van der Waals surface area contributed by atoms with Crippen molar-refractivity contribution in [2.24, 2.45) is 0 Å². The maximum atomic E-state index is 9.02. The van der Waals surface area contributed by atoms with Crippen LogP contribution in [0.15, 0.2) is 0 Å². The number of anilines is 1. The Labute approximate surface area is 193 Å². The van der Waals surface area contributed by atoms with Crippen LogP contribution in [-0.4, -0.2) is 74.5 Å². The summed E-state index contributed by atoms with van der Waals surface area (Å²) in [6, 6.07) is 0. The summed E-state index contributed by atoms with van der Waals surface area (Å²) in [4.78, 5) is 22.6. The van der Waals surface area contributed by atoms with E-state index >= 15 is 0 Å². The minimum Gasteiger partial charge on any atom is -0.483 e. The molecule has 0 atom stereocenters. The highest BCUT2D eigenvalue weighted by Crippen LogP contribution is 2.25. The summed E-state index contributed by atoms with van der Waals surface area (Å²) in [5.74, 6) is 1.22. The summed E-state index contributed by atoms with van der Waals surface area (Å²) in [5.41, 5.74) is 10.2. The van der Waals surface area contributed by atoms with Gasteiger partial charge in [0.2, 0.25) is 0 Å². The number of unbranched alkanes of at least 4 members (excludes halogenated alkanes) is 3. The first-order valence-corrected chi connectivity index (χ1v) is 11.6. The fourth-order valence-corrected chi connectivity index (χ4v) is 3.29. The summed E-state index contributed by atoms with van der Waals surface area (Å²) in [7, 11) is 0. The Hall–Kier alpha value is -2.23. The number of hydrogen-bond donors (Lipinski definition) is 5. The van der Waals surface area contributed by atoms with Crippen LogP contribution in [-0.2, 0) is 11.2 Å². The molecule has 0 saturated heterocycles. The lowest BCUT2D eigenvalue weighted by atomic mass is 10.1. The van der Waals surface area contributed by atoms with Crippen molar-refractivity contribution in [1.82, 2.24) is 19.9 Å². The maximum Gasteiger partial charge on any atom is 0.290 e. The number of carboxylic acid groups (broad SMARTS) is 1. The third-order valence-corrected chi connectivity index (χ3v) is 4.58. The van der Waals surface area contributed by atoms with E-state index in [0.29, 0.717) is 24.7 Å². The Morgan fingerprint density at radius 1 is 0.938 bits per heavy atom. The van der Waals surface area contributed by atoms with Gasteiger partial charge in [-0.1, -0.05) is 40.5 Å². The number of nitrogens with two attached hydrogens (primary N) is 1. The quantitative estimate of drug-likeness (QED) is 0.256. The highest BCUT2D eigenvalue weighted by Gasteiger charge is 2.13. The number of nitrogens with one attached hydrogen (secondary N) is 1. The predicted octanol–water partition coefficient (Wildman–Crippen LogP) is 3.30. The fraction of sp³-hybridized carbons (Fsp3) is 0.696. The van der Waals surface area contributed by atoms with Crippen molar-refractivity contribution >= 4 is 23.3 Å². The van der Waals surface area contributed by atoms with Gasteiger partial charge in [-0.15, -0.1) is 0 Å². The van der Waals surface area contributed by atoms with Crippen LogP contribution in [0.2, 0.25) is 0 Å². The highest BCUT2D eigenvalue weighted by atomic mass is 16.3. The molecule has 0 aliphatic carbocycles. The molecule has 0 fully saturated rings. The second-order valence-corrected chi connectivity index (χ2v) is 6.67. The molecule has 0 amide bonds. The van der Waals surface area contributed by atoms with Gasteiger partial charge in [0.05, 0.1) is 18.7 Å². The molecule has 2 aromatic rings. The smallest absolute Gasteiger partial charge is 0.290 e. The van der Waals surface area contributed by atoms with Gasteiger partial charge in [-0.05, 0) is 45.2 Å². The van der Waals surface area contributed by atoms with Crippen molar-refractivity contribution < 1.29 is 20.1 Å². The molecule has 9 heteroatoms. The van der Waals surface area contributed by atoms with Crippen LogP contribution in [0, 0.1) is 13.8 Å². The second-order valence-electron chi connectivity index (χ2n) is 6.67. The lowest BCUT2D eigenvalue weighted by molar-refractivity contribution is -0.122. The summed E-state index contributed by atoms with van der Waals surface area (Å²) >= 11 is 0. The summed E-state index contributed by atoms with van der Waals surface area (Å²) < 4.78 is 0. The Morgan fingerprint density at radius 2 is 1.47 bits per heavy atom. The average molecular weight is 456 g/mol. The number of aromatic amines is 1. The molecule has 0 aliphatic heterocycles. The number of aryl methyl sites for hydroxylation is 3. The van der Waals surface area contributed by atoms with E-state index in [-0.39, 0.29) is 19.7 Å². The molecule has 6 N–H and O–H groups in total. The second kappa shape index (κ2) is 20.7. The van der Waals surface area contributed by atoms with Gasteiger partial charge in [0.15, 0.2) is 5.82 Å². The van der Waals surface area contributed by atoms with Crippen molar-refractivity contribution in [1.29, 1.82) is 0 Å². The van der Waals surface area contributed by atoms with E-state index in [2.05, 4.69) is 26.8 Å². The maximum absolute atomic E-state index is 9.02. The van der Waals surface area contributed by atoms with Crippen molar-refractivity contribution in [2.45, 2.75) is 73.6 Å². The lowest BCUT2D eigenvalue weighted by Gasteiger charge is -2.19. The normalized spacial score (nSPS) is 9.91. The van der Waals surface area contributed by atoms with E-state index in [1.807, 2.05) is 34.6 Å². The van der Waals surface area contributed by atoms with Gasteiger partial charge in [-0.2, -0.15) is 0 Å². The van der Waals surface area contributed by atoms with Gasteiger partial charge in [0.25, 0.3) is 6.47 Å². The topological polar surface area (TPSA) is 149 Å². The Kier molecular flexibility index (Phi) is 20.6. The van der Waals surface area contributed by atoms with Gasteiger partial charge in [-0.25, -0.2) is 9.97 Å². The van der Waals surface area contributed by atoms with Crippen LogP contribution in [0.4, 0.5) is 5.82 Å². The van der Waals surface area contributed by atoms with E-state index in [1.54, 1.807) is 0 Å². The molecule has 0 unspecified atom stereocenters. The van der Waals surface area contributed by atoms with Gasteiger partial charge in [0.1, 0.15) is 11.3 Å².